The number of rotatable bonds is 2. The van der Waals surface area contributed by atoms with Crippen molar-refractivity contribution < 1.29 is 5.11 Å². The second kappa shape index (κ2) is 3.50. The van der Waals surface area contributed by atoms with Crippen LogP contribution < -0.4 is 0 Å². The molecule has 4 heteroatoms. The van der Waals surface area contributed by atoms with E-state index in [1.54, 1.807) is 18.3 Å². The van der Waals surface area contributed by atoms with Gasteiger partial charge in [-0.25, -0.2) is 4.98 Å². The first kappa shape index (κ1) is 9.34. The Kier molecular flexibility index (Phi) is 2.33. The Morgan fingerprint density at radius 3 is 3.07 bits per heavy atom. The van der Waals surface area contributed by atoms with Gasteiger partial charge in [-0.2, -0.15) is 0 Å². The Morgan fingerprint density at radius 1 is 1.57 bits per heavy atom. The van der Waals surface area contributed by atoms with Crippen LogP contribution in [0.15, 0.2) is 18.3 Å². The van der Waals surface area contributed by atoms with Crippen LogP contribution in [0.2, 0.25) is 5.15 Å². The van der Waals surface area contributed by atoms with Crippen LogP contribution in [-0.2, 0) is 6.42 Å². The molecule has 0 radical (unpaired) electrons. The van der Waals surface area contributed by atoms with Crippen LogP contribution in [0.25, 0.3) is 5.52 Å². The van der Waals surface area contributed by atoms with Gasteiger partial charge >= 0.3 is 0 Å². The molecule has 3 nitrogen and oxygen atoms in total. The Balaban J connectivity index is 2.65. The third-order valence-corrected chi connectivity index (χ3v) is 2.41. The highest BCUT2D eigenvalue weighted by molar-refractivity contribution is 6.32. The predicted octanol–water partition coefficient (Wildman–Crippen LogP) is 2.65. The van der Waals surface area contributed by atoms with Crippen LogP contribution >= 0.6 is 11.6 Å². The van der Waals surface area contributed by atoms with Crippen LogP contribution in [-0.4, -0.2) is 14.5 Å². The van der Waals surface area contributed by atoms with Gasteiger partial charge in [0.25, 0.3) is 0 Å². The molecule has 0 saturated heterocycles. The molecule has 2 heterocycles. The van der Waals surface area contributed by atoms with Gasteiger partial charge in [0.15, 0.2) is 5.15 Å². The zero-order chi connectivity index (χ0) is 10.1. The van der Waals surface area contributed by atoms with E-state index in [0.717, 1.165) is 24.2 Å². The molecule has 0 aliphatic heterocycles. The number of pyridine rings is 1. The minimum Gasteiger partial charge on any atom is -0.508 e. The Labute approximate surface area is 87.0 Å². The fourth-order valence-electron chi connectivity index (χ4n) is 1.50. The Morgan fingerprint density at radius 2 is 2.36 bits per heavy atom. The van der Waals surface area contributed by atoms with Gasteiger partial charge in [0.2, 0.25) is 0 Å². The van der Waals surface area contributed by atoms with Crippen molar-refractivity contribution in [3.05, 3.63) is 29.3 Å². The van der Waals surface area contributed by atoms with Gasteiger partial charge in [-0.1, -0.05) is 18.5 Å². The summed E-state index contributed by atoms with van der Waals surface area (Å²) in [5.41, 5.74) is 0.759. The molecule has 0 amide bonds. The van der Waals surface area contributed by atoms with E-state index in [-0.39, 0.29) is 5.75 Å². The van der Waals surface area contributed by atoms with E-state index in [9.17, 15) is 5.11 Å². The highest BCUT2D eigenvalue weighted by Gasteiger charge is 2.08. The van der Waals surface area contributed by atoms with Crippen molar-refractivity contribution in [3.8, 4) is 5.75 Å². The molecule has 0 fully saturated rings. The molecule has 0 saturated carbocycles. The number of fused-ring (bicyclic) bond motifs is 1. The van der Waals surface area contributed by atoms with Gasteiger partial charge in [0.1, 0.15) is 11.6 Å². The molecule has 74 valence electrons. The largest absolute Gasteiger partial charge is 0.508 e. The van der Waals surface area contributed by atoms with Crippen molar-refractivity contribution >= 4 is 17.1 Å². The number of aromatic hydroxyl groups is 1. The fourth-order valence-corrected chi connectivity index (χ4v) is 1.74. The van der Waals surface area contributed by atoms with Crippen LogP contribution in [0, 0.1) is 0 Å². The monoisotopic (exact) mass is 210 g/mol. The fraction of sp³-hybridized carbons (Fsp3) is 0.300. The second-order valence-corrected chi connectivity index (χ2v) is 3.57. The normalized spacial score (nSPS) is 11.0. The lowest BCUT2D eigenvalue weighted by atomic mass is 10.3. The molecule has 0 bridgehead atoms. The van der Waals surface area contributed by atoms with Gasteiger partial charge in [0, 0.05) is 18.7 Å². The summed E-state index contributed by atoms with van der Waals surface area (Å²) in [5, 5.41) is 9.74. The maximum absolute atomic E-state index is 9.29. The molecule has 0 aliphatic rings. The topological polar surface area (TPSA) is 37.5 Å². The molecular weight excluding hydrogens is 200 g/mol. The van der Waals surface area contributed by atoms with Crippen molar-refractivity contribution in [3.63, 3.8) is 0 Å². The molecule has 0 aromatic carbocycles. The Hall–Kier alpha value is -1.22. The minimum atomic E-state index is 0.211. The van der Waals surface area contributed by atoms with E-state index in [4.69, 9.17) is 11.6 Å². The smallest absolute Gasteiger partial charge is 0.155 e. The molecule has 0 unspecified atom stereocenters. The number of hydrogen-bond donors (Lipinski definition) is 1. The lowest BCUT2D eigenvalue weighted by molar-refractivity contribution is 0.475. The average molecular weight is 211 g/mol. The van der Waals surface area contributed by atoms with Crippen molar-refractivity contribution in [1.82, 2.24) is 9.38 Å². The molecule has 14 heavy (non-hydrogen) atoms. The van der Waals surface area contributed by atoms with E-state index >= 15 is 0 Å². The summed E-state index contributed by atoms with van der Waals surface area (Å²) in [4.78, 5) is 4.24. The molecular formula is C10H11ClN2O. The SMILES string of the molecule is CCCc1nc(Cl)c2cc(O)ccn12. The van der Waals surface area contributed by atoms with Gasteiger partial charge < -0.3 is 9.51 Å². The second-order valence-electron chi connectivity index (χ2n) is 3.21. The first-order chi connectivity index (χ1) is 6.72. The van der Waals surface area contributed by atoms with Crippen LogP contribution in [0.4, 0.5) is 0 Å². The van der Waals surface area contributed by atoms with Crippen molar-refractivity contribution in [2.75, 3.05) is 0 Å². The number of aromatic nitrogens is 2. The molecule has 2 rings (SSSR count). The predicted molar refractivity (Wildman–Crippen MR) is 55.9 cm³/mol. The summed E-state index contributed by atoms with van der Waals surface area (Å²) < 4.78 is 1.91. The summed E-state index contributed by atoms with van der Waals surface area (Å²) in [5.74, 6) is 1.15. The van der Waals surface area contributed by atoms with E-state index in [0.29, 0.717) is 5.15 Å². The first-order valence-electron chi connectivity index (χ1n) is 4.58. The summed E-state index contributed by atoms with van der Waals surface area (Å²) in [7, 11) is 0. The molecule has 0 spiro atoms. The number of hydrogen-bond acceptors (Lipinski definition) is 2. The Bertz CT molecular complexity index is 464. The quantitative estimate of drug-likeness (QED) is 0.828. The van der Waals surface area contributed by atoms with Crippen LogP contribution in [0.5, 0.6) is 5.75 Å². The lowest BCUT2D eigenvalue weighted by Crippen LogP contribution is -1.92. The van der Waals surface area contributed by atoms with Crippen LogP contribution in [0.1, 0.15) is 19.2 Å². The van der Waals surface area contributed by atoms with E-state index in [2.05, 4.69) is 11.9 Å². The number of nitrogens with zero attached hydrogens (tertiary/aromatic N) is 2. The van der Waals surface area contributed by atoms with Crippen molar-refractivity contribution in [1.29, 1.82) is 0 Å². The summed E-state index contributed by atoms with van der Waals surface area (Å²) in [6.07, 6.45) is 3.70. The van der Waals surface area contributed by atoms with Gasteiger partial charge in [-0.3, -0.25) is 0 Å². The average Bonchev–Trinajstić information content (AvgIpc) is 2.44. The summed E-state index contributed by atoms with van der Waals surface area (Å²) in [6.45, 7) is 2.09. The molecule has 2 aromatic rings. The number of halogens is 1. The van der Waals surface area contributed by atoms with Crippen molar-refractivity contribution in [2.24, 2.45) is 0 Å². The standard InChI is InChI=1S/C10H11ClN2O/c1-2-3-9-12-10(11)8-6-7(14)4-5-13(8)9/h4-6,14H,2-3H2,1H3. The maximum atomic E-state index is 9.29. The van der Waals surface area contributed by atoms with E-state index in [1.807, 2.05) is 4.40 Å². The minimum absolute atomic E-state index is 0.211. The number of imidazole rings is 1. The zero-order valence-electron chi connectivity index (χ0n) is 7.87. The third-order valence-electron chi connectivity index (χ3n) is 2.13. The highest BCUT2D eigenvalue weighted by atomic mass is 35.5. The molecule has 1 N–H and O–H groups in total. The third kappa shape index (κ3) is 1.44. The molecule has 2 aromatic heterocycles. The van der Waals surface area contributed by atoms with Crippen molar-refractivity contribution in [2.45, 2.75) is 19.8 Å². The first-order valence-corrected chi connectivity index (χ1v) is 4.95. The van der Waals surface area contributed by atoms with E-state index in [1.165, 1.54) is 0 Å². The molecule has 0 aliphatic carbocycles. The molecule has 0 atom stereocenters. The zero-order valence-corrected chi connectivity index (χ0v) is 8.62. The van der Waals surface area contributed by atoms with Gasteiger partial charge in [-0.05, 0) is 12.5 Å². The summed E-state index contributed by atoms with van der Waals surface area (Å²) >= 11 is 5.94. The van der Waals surface area contributed by atoms with Gasteiger partial charge in [-0.15, -0.1) is 0 Å². The van der Waals surface area contributed by atoms with Gasteiger partial charge in [0.05, 0.1) is 5.52 Å². The summed E-state index contributed by atoms with van der Waals surface area (Å²) in [6, 6.07) is 3.25. The lowest BCUT2D eigenvalue weighted by Gasteiger charge is -1.98. The number of aryl methyl sites for hydroxylation is 1. The highest BCUT2D eigenvalue weighted by Crippen LogP contribution is 2.22. The van der Waals surface area contributed by atoms with E-state index < -0.39 is 0 Å². The maximum Gasteiger partial charge on any atom is 0.155 e. The van der Waals surface area contributed by atoms with Crippen LogP contribution in [0.3, 0.4) is 0 Å².